The Balaban J connectivity index is 1.75. The van der Waals surface area contributed by atoms with E-state index in [1.54, 1.807) is 19.1 Å². The lowest BCUT2D eigenvalue weighted by molar-refractivity contribution is -0.145. The van der Waals surface area contributed by atoms with E-state index in [4.69, 9.17) is 9.47 Å². The SMILES string of the molecule is CCOC(=O)COc1ccc(SCCNS(=O)(=O)c2ccc(F)cc2)cc1. The van der Waals surface area contributed by atoms with E-state index >= 15 is 0 Å². The first-order valence-corrected chi connectivity index (χ1v) is 10.6. The molecule has 0 aromatic heterocycles. The van der Waals surface area contributed by atoms with Crippen molar-refractivity contribution in [3.63, 3.8) is 0 Å². The quantitative estimate of drug-likeness (QED) is 0.366. The molecule has 0 spiro atoms. The predicted molar refractivity (Wildman–Crippen MR) is 101 cm³/mol. The number of halogens is 1. The van der Waals surface area contributed by atoms with Gasteiger partial charge in [-0.2, -0.15) is 0 Å². The van der Waals surface area contributed by atoms with Gasteiger partial charge in [-0.05, 0) is 55.5 Å². The lowest BCUT2D eigenvalue weighted by Gasteiger charge is -2.08. The largest absolute Gasteiger partial charge is 0.482 e. The van der Waals surface area contributed by atoms with Crippen LogP contribution in [-0.2, 0) is 19.6 Å². The summed E-state index contributed by atoms with van der Waals surface area (Å²) in [5.41, 5.74) is 0. The Hall–Kier alpha value is -2.10. The summed E-state index contributed by atoms with van der Waals surface area (Å²) in [6, 6.07) is 11.7. The van der Waals surface area contributed by atoms with Crippen LogP contribution in [0.25, 0.3) is 0 Å². The molecular weight excluding hydrogens is 393 g/mol. The summed E-state index contributed by atoms with van der Waals surface area (Å²) in [5.74, 6) is 0.150. The molecule has 0 amide bonds. The first-order chi connectivity index (χ1) is 12.9. The van der Waals surface area contributed by atoms with Gasteiger partial charge in [0.15, 0.2) is 6.61 Å². The van der Waals surface area contributed by atoms with Crippen molar-refractivity contribution >= 4 is 27.8 Å². The number of ether oxygens (including phenoxy) is 2. The zero-order chi connectivity index (χ0) is 19.7. The first-order valence-electron chi connectivity index (χ1n) is 8.17. The molecule has 0 radical (unpaired) electrons. The van der Waals surface area contributed by atoms with Crippen LogP contribution in [-0.4, -0.2) is 39.9 Å². The summed E-state index contributed by atoms with van der Waals surface area (Å²) in [7, 11) is -3.65. The maximum Gasteiger partial charge on any atom is 0.344 e. The number of carbonyl (C=O) groups is 1. The number of benzene rings is 2. The number of hydrogen-bond donors (Lipinski definition) is 1. The number of thioether (sulfide) groups is 1. The molecule has 9 heteroatoms. The van der Waals surface area contributed by atoms with E-state index in [1.807, 2.05) is 12.1 Å². The number of nitrogens with one attached hydrogen (secondary N) is 1. The highest BCUT2D eigenvalue weighted by atomic mass is 32.2. The molecule has 6 nitrogen and oxygen atoms in total. The van der Waals surface area contributed by atoms with E-state index in [1.165, 1.54) is 23.9 Å². The second-order valence-electron chi connectivity index (χ2n) is 5.27. The molecule has 0 aliphatic heterocycles. The van der Waals surface area contributed by atoms with E-state index in [-0.39, 0.29) is 18.0 Å². The van der Waals surface area contributed by atoms with Crippen LogP contribution in [0.3, 0.4) is 0 Å². The Morgan fingerprint density at radius 2 is 1.78 bits per heavy atom. The Morgan fingerprint density at radius 1 is 1.11 bits per heavy atom. The first kappa shape index (κ1) is 21.2. The van der Waals surface area contributed by atoms with Gasteiger partial charge in [0.2, 0.25) is 10.0 Å². The third-order valence-electron chi connectivity index (χ3n) is 3.27. The molecule has 146 valence electrons. The fourth-order valence-corrected chi connectivity index (χ4v) is 3.95. The monoisotopic (exact) mass is 413 g/mol. The fourth-order valence-electron chi connectivity index (χ4n) is 2.02. The minimum absolute atomic E-state index is 0.0250. The molecule has 2 rings (SSSR count). The molecule has 0 aliphatic rings. The highest BCUT2D eigenvalue weighted by molar-refractivity contribution is 7.99. The van der Waals surface area contributed by atoms with Gasteiger partial charge in [-0.15, -0.1) is 11.8 Å². The van der Waals surface area contributed by atoms with Crippen molar-refractivity contribution in [1.82, 2.24) is 4.72 Å². The Kier molecular flexibility index (Phi) is 8.08. The highest BCUT2D eigenvalue weighted by Gasteiger charge is 2.13. The molecule has 27 heavy (non-hydrogen) atoms. The van der Waals surface area contributed by atoms with E-state index in [0.29, 0.717) is 18.1 Å². The summed E-state index contributed by atoms with van der Waals surface area (Å²) in [4.78, 5) is 12.2. The van der Waals surface area contributed by atoms with Crippen molar-refractivity contribution in [1.29, 1.82) is 0 Å². The summed E-state index contributed by atoms with van der Waals surface area (Å²) < 4.78 is 49.6. The van der Waals surface area contributed by atoms with Crippen LogP contribution < -0.4 is 9.46 Å². The normalized spacial score (nSPS) is 11.2. The standard InChI is InChI=1S/C18H20FNO5S2/c1-2-24-18(21)13-25-15-5-7-16(8-6-15)26-12-11-20-27(22,23)17-9-3-14(19)4-10-17/h3-10,20H,2,11-13H2,1H3. The van der Waals surface area contributed by atoms with Crippen molar-refractivity contribution in [2.24, 2.45) is 0 Å². The van der Waals surface area contributed by atoms with Crippen LogP contribution in [0.4, 0.5) is 4.39 Å². The Morgan fingerprint density at radius 3 is 2.41 bits per heavy atom. The third-order valence-corrected chi connectivity index (χ3v) is 5.76. The minimum atomic E-state index is -3.65. The summed E-state index contributed by atoms with van der Waals surface area (Å²) >= 11 is 1.47. The second-order valence-corrected chi connectivity index (χ2v) is 8.20. The Bertz CT molecular complexity index is 839. The van der Waals surface area contributed by atoms with Crippen LogP contribution in [0.2, 0.25) is 0 Å². The lowest BCUT2D eigenvalue weighted by Crippen LogP contribution is -2.26. The number of rotatable bonds is 10. The zero-order valence-electron chi connectivity index (χ0n) is 14.7. The van der Waals surface area contributed by atoms with Gasteiger partial charge in [-0.25, -0.2) is 22.3 Å². The second kappa shape index (κ2) is 10.3. The fraction of sp³-hybridized carbons (Fsp3) is 0.278. The maximum absolute atomic E-state index is 12.9. The number of carbonyl (C=O) groups excluding carboxylic acids is 1. The predicted octanol–water partition coefficient (Wildman–Crippen LogP) is 2.84. The average molecular weight is 413 g/mol. The van der Waals surface area contributed by atoms with Gasteiger partial charge in [-0.1, -0.05) is 0 Å². The summed E-state index contributed by atoms with van der Waals surface area (Å²) in [6.07, 6.45) is 0. The third kappa shape index (κ3) is 7.20. The Labute approximate surface area is 162 Å². The van der Waals surface area contributed by atoms with Gasteiger partial charge in [0.25, 0.3) is 0 Å². The van der Waals surface area contributed by atoms with Crippen LogP contribution in [0.5, 0.6) is 5.75 Å². The topological polar surface area (TPSA) is 81.7 Å². The van der Waals surface area contributed by atoms with Gasteiger partial charge < -0.3 is 9.47 Å². The smallest absolute Gasteiger partial charge is 0.344 e. The molecule has 0 aliphatic carbocycles. The van der Waals surface area contributed by atoms with Crippen molar-refractivity contribution in [3.05, 3.63) is 54.3 Å². The maximum atomic E-state index is 12.9. The molecule has 0 fully saturated rings. The van der Waals surface area contributed by atoms with E-state index in [9.17, 15) is 17.6 Å². The van der Waals surface area contributed by atoms with Gasteiger partial charge >= 0.3 is 5.97 Å². The lowest BCUT2D eigenvalue weighted by atomic mass is 10.3. The van der Waals surface area contributed by atoms with Crippen LogP contribution in [0.1, 0.15) is 6.92 Å². The molecule has 1 N–H and O–H groups in total. The summed E-state index contributed by atoms with van der Waals surface area (Å²) in [5, 5.41) is 0. The minimum Gasteiger partial charge on any atom is -0.482 e. The molecule has 2 aromatic carbocycles. The molecule has 0 heterocycles. The van der Waals surface area contributed by atoms with Gasteiger partial charge in [0.1, 0.15) is 11.6 Å². The van der Waals surface area contributed by atoms with Gasteiger partial charge in [0.05, 0.1) is 11.5 Å². The van der Waals surface area contributed by atoms with Gasteiger partial charge in [0, 0.05) is 17.2 Å². The van der Waals surface area contributed by atoms with Crippen molar-refractivity contribution in [3.8, 4) is 5.75 Å². The molecular formula is C18H20FNO5S2. The number of hydrogen-bond acceptors (Lipinski definition) is 6. The molecule has 2 aromatic rings. The highest BCUT2D eigenvalue weighted by Crippen LogP contribution is 2.21. The van der Waals surface area contributed by atoms with Crippen molar-refractivity contribution in [2.75, 3.05) is 25.5 Å². The van der Waals surface area contributed by atoms with E-state index in [2.05, 4.69) is 4.72 Å². The molecule has 0 saturated heterocycles. The summed E-state index contributed by atoms with van der Waals surface area (Å²) in [6.45, 7) is 2.11. The van der Waals surface area contributed by atoms with E-state index in [0.717, 1.165) is 17.0 Å². The molecule has 0 atom stereocenters. The number of sulfonamides is 1. The average Bonchev–Trinajstić information content (AvgIpc) is 2.65. The van der Waals surface area contributed by atoms with Gasteiger partial charge in [-0.3, -0.25) is 0 Å². The van der Waals surface area contributed by atoms with E-state index < -0.39 is 21.8 Å². The van der Waals surface area contributed by atoms with Crippen LogP contribution in [0.15, 0.2) is 58.3 Å². The van der Waals surface area contributed by atoms with Crippen LogP contribution >= 0.6 is 11.8 Å². The molecule has 0 saturated carbocycles. The van der Waals surface area contributed by atoms with Crippen molar-refractivity contribution in [2.45, 2.75) is 16.7 Å². The van der Waals surface area contributed by atoms with Crippen LogP contribution in [0, 0.1) is 5.82 Å². The zero-order valence-corrected chi connectivity index (χ0v) is 16.3. The van der Waals surface area contributed by atoms with Crippen molar-refractivity contribution < 1.29 is 27.1 Å². The number of esters is 1. The molecule has 0 bridgehead atoms. The molecule has 0 unspecified atom stereocenters.